The first-order valence-corrected chi connectivity index (χ1v) is 9.81. The van der Waals surface area contributed by atoms with Crippen LogP contribution in [0, 0.1) is 0 Å². The van der Waals surface area contributed by atoms with E-state index >= 15 is 0 Å². The van der Waals surface area contributed by atoms with Crippen molar-refractivity contribution in [1.29, 1.82) is 0 Å². The fourth-order valence-corrected chi connectivity index (χ4v) is 4.30. The molecular formula is C16H23NO4S2. The van der Waals surface area contributed by atoms with Crippen molar-refractivity contribution in [3.63, 3.8) is 0 Å². The summed E-state index contributed by atoms with van der Waals surface area (Å²) in [4.78, 5) is 14.2. The van der Waals surface area contributed by atoms with Gasteiger partial charge in [0.15, 0.2) is 11.5 Å². The molecule has 1 aliphatic heterocycles. The third-order valence-corrected chi connectivity index (χ3v) is 5.65. The van der Waals surface area contributed by atoms with Gasteiger partial charge in [-0.15, -0.1) is 11.8 Å². The molecule has 1 amide bonds. The van der Waals surface area contributed by atoms with Gasteiger partial charge in [0.05, 0.1) is 27.1 Å². The second kappa shape index (κ2) is 8.59. The van der Waals surface area contributed by atoms with Crippen LogP contribution in [0.1, 0.15) is 17.4 Å². The molecule has 1 aliphatic rings. The average Bonchev–Trinajstić information content (AvgIpc) is 2.94. The number of methoxy groups -OCH3 is 3. The first-order valence-electron chi connectivity index (χ1n) is 7.36. The summed E-state index contributed by atoms with van der Waals surface area (Å²) in [5, 5.41) is -0.0425. The van der Waals surface area contributed by atoms with Crippen LogP contribution in [0.3, 0.4) is 0 Å². The van der Waals surface area contributed by atoms with Gasteiger partial charge in [-0.25, -0.2) is 0 Å². The van der Waals surface area contributed by atoms with Crippen molar-refractivity contribution in [2.75, 3.05) is 45.6 Å². The molecule has 5 nitrogen and oxygen atoms in total. The molecule has 128 valence electrons. The molecule has 0 bridgehead atoms. The number of thioether (sulfide) groups is 2. The minimum Gasteiger partial charge on any atom is -0.493 e. The maximum atomic E-state index is 12.2. The smallest absolute Gasteiger partial charge is 0.233 e. The largest absolute Gasteiger partial charge is 0.493 e. The van der Waals surface area contributed by atoms with Crippen LogP contribution in [0.15, 0.2) is 12.1 Å². The van der Waals surface area contributed by atoms with E-state index in [4.69, 9.17) is 14.2 Å². The van der Waals surface area contributed by atoms with E-state index in [0.717, 1.165) is 24.3 Å². The predicted octanol–water partition coefficient (Wildman–Crippen LogP) is 3.04. The summed E-state index contributed by atoms with van der Waals surface area (Å²) in [6.07, 6.45) is 3.06. The average molecular weight is 357 g/mol. The lowest BCUT2D eigenvalue weighted by atomic mass is 10.1. The van der Waals surface area contributed by atoms with Crippen molar-refractivity contribution < 1.29 is 19.0 Å². The Morgan fingerprint density at radius 2 is 1.96 bits per heavy atom. The summed E-state index contributed by atoms with van der Waals surface area (Å²) >= 11 is 3.42. The van der Waals surface area contributed by atoms with E-state index in [2.05, 4.69) is 6.26 Å². The van der Waals surface area contributed by atoms with Gasteiger partial charge in [0.25, 0.3) is 0 Å². The van der Waals surface area contributed by atoms with E-state index in [1.807, 2.05) is 17.0 Å². The lowest BCUT2D eigenvalue weighted by Crippen LogP contribution is -2.29. The number of rotatable bonds is 8. The molecule has 23 heavy (non-hydrogen) atoms. The zero-order valence-electron chi connectivity index (χ0n) is 14.0. The van der Waals surface area contributed by atoms with Gasteiger partial charge in [0.1, 0.15) is 5.37 Å². The summed E-state index contributed by atoms with van der Waals surface area (Å²) in [6.45, 7) is 0.759. The van der Waals surface area contributed by atoms with Crippen molar-refractivity contribution in [2.45, 2.75) is 11.8 Å². The summed E-state index contributed by atoms with van der Waals surface area (Å²) in [5.41, 5.74) is 0.949. The topological polar surface area (TPSA) is 48.0 Å². The number of carbonyl (C=O) groups excluding carboxylic acids is 1. The van der Waals surface area contributed by atoms with E-state index in [9.17, 15) is 4.79 Å². The minimum absolute atomic E-state index is 0.0425. The molecule has 7 heteroatoms. The molecule has 0 radical (unpaired) electrons. The molecule has 0 spiro atoms. The highest BCUT2D eigenvalue weighted by Gasteiger charge is 2.35. The highest BCUT2D eigenvalue weighted by molar-refractivity contribution is 8.00. The predicted molar refractivity (Wildman–Crippen MR) is 96.0 cm³/mol. The number of ether oxygens (including phenoxy) is 3. The van der Waals surface area contributed by atoms with Crippen molar-refractivity contribution in [2.24, 2.45) is 0 Å². The van der Waals surface area contributed by atoms with Crippen LogP contribution in [0.5, 0.6) is 17.2 Å². The summed E-state index contributed by atoms with van der Waals surface area (Å²) in [6, 6.07) is 3.82. The lowest BCUT2D eigenvalue weighted by Gasteiger charge is -2.26. The molecule has 0 aliphatic carbocycles. The van der Waals surface area contributed by atoms with Gasteiger partial charge in [-0.2, -0.15) is 11.8 Å². The minimum atomic E-state index is -0.0425. The Morgan fingerprint density at radius 1 is 1.22 bits per heavy atom. The van der Waals surface area contributed by atoms with E-state index in [0.29, 0.717) is 23.0 Å². The molecule has 1 aromatic carbocycles. The van der Waals surface area contributed by atoms with Gasteiger partial charge in [-0.1, -0.05) is 0 Å². The number of hydrogen-bond acceptors (Lipinski definition) is 6. The van der Waals surface area contributed by atoms with E-state index < -0.39 is 0 Å². The number of carbonyl (C=O) groups is 1. The number of nitrogens with zero attached hydrogens (tertiary/aromatic N) is 1. The molecule has 1 fully saturated rings. The first kappa shape index (κ1) is 18.1. The Morgan fingerprint density at radius 3 is 2.57 bits per heavy atom. The Labute approximate surface area is 146 Å². The van der Waals surface area contributed by atoms with E-state index in [1.54, 1.807) is 44.9 Å². The molecule has 1 unspecified atom stereocenters. The molecule has 0 aromatic heterocycles. The first-order chi connectivity index (χ1) is 11.2. The van der Waals surface area contributed by atoms with Crippen molar-refractivity contribution in [1.82, 2.24) is 4.90 Å². The molecule has 2 rings (SSSR count). The molecular weight excluding hydrogens is 334 g/mol. The summed E-state index contributed by atoms with van der Waals surface area (Å²) < 4.78 is 16.4. The Hall–Kier alpha value is -1.21. The van der Waals surface area contributed by atoms with Crippen molar-refractivity contribution in [3.8, 4) is 17.2 Å². The third-order valence-electron chi connectivity index (χ3n) is 3.72. The number of hydrogen-bond donors (Lipinski definition) is 0. The standard InChI is InChI=1S/C16H23NO4S2/c1-19-12-7-6-11(14(20-2)15(12)21-3)16-17(8-5-9-22-4)13(18)10-23-16/h6-7,16H,5,8-10H2,1-4H3. The fraction of sp³-hybridized carbons (Fsp3) is 0.562. The zero-order valence-corrected chi connectivity index (χ0v) is 15.6. The van der Waals surface area contributed by atoms with Crippen LogP contribution in [-0.2, 0) is 4.79 Å². The van der Waals surface area contributed by atoms with Gasteiger partial charge in [0, 0.05) is 12.1 Å². The molecule has 1 saturated heterocycles. The number of benzene rings is 1. The van der Waals surface area contributed by atoms with Crippen LogP contribution >= 0.6 is 23.5 Å². The van der Waals surface area contributed by atoms with Crippen molar-refractivity contribution >= 4 is 29.4 Å². The Kier molecular flexibility index (Phi) is 6.77. The highest BCUT2D eigenvalue weighted by Crippen LogP contribution is 2.48. The van der Waals surface area contributed by atoms with Gasteiger partial charge < -0.3 is 19.1 Å². The zero-order chi connectivity index (χ0) is 16.8. The van der Waals surface area contributed by atoms with Gasteiger partial charge in [0.2, 0.25) is 11.7 Å². The van der Waals surface area contributed by atoms with Gasteiger partial charge in [-0.05, 0) is 30.6 Å². The maximum absolute atomic E-state index is 12.2. The van der Waals surface area contributed by atoms with E-state index in [-0.39, 0.29) is 11.3 Å². The van der Waals surface area contributed by atoms with Crippen LogP contribution in [0.2, 0.25) is 0 Å². The normalized spacial score (nSPS) is 17.5. The molecule has 0 saturated carbocycles. The van der Waals surface area contributed by atoms with E-state index in [1.165, 1.54) is 0 Å². The van der Waals surface area contributed by atoms with Crippen LogP contribution in [0.4, 0.5) is 0 Å². The molecule has 0 N–H and O–H groups in total. The highest BCUT2D eigenvalue weighted by atomic mass is 32.2. The third kappa shape index (κ3) is 3.83. The van der Waals surface area contributed by atoms with Crippen LogP contribution in [0.25, 0.3) is 0 Å². The molecule has 1 heterocycles. The summed E-state index contributed by atoms with van der Waals surface area (Å²) in [5.74, 6) is 3.55. The Balaban J connectivity index is 2.33. The number of amides is 1. The summed E-state index contributed by atoms with van der Waals surface area (Å²) in [7, 11) is 4.80. The monoisotopic (exact) mass is 357 g/mol. The van der Waals surface area contributed by atoms with Gasteiger partial charge in [-0.3, -0.25) is 4.79 Å². The fourth-order valence-electron chi connectivity index (χ4n) is 2.65. The maximum Gasteiger partial charge on any atom is 0.233 e. The van der Waals surface area contributed by atoms with Gasteiger partial charge >= 0.3 is 0 Å². The molecule has 1 atom stereocenters. The SMILES string of the molecule is COc1ccc(C2SCC(=O)N2CCCSC)c(OC)c1OC. The van der Waals surface area contributed by atoms with Crippen molar-refractivity contribution in [3.05, 3.63) is 17.7 Å². The van der Waals surface area contributed by atoms with Crippen LogP contribution < -0.4 is 14.2 Å². The lowest BCUT2D eigenvalue weighted by molar-refractivity contribution is -0.128. The quantitative estimate of drug-likeness (QED) is 0.667. The Bertz CT molecular complexity index is 553. The van der Waals surface area contributed by atoms with Crippen LogP contribution in [-0.4, -0.2) is 56.4 Å². The molecule has 1 aromatic rings. The second-order valence-electron chi connectivity index (χ2n) is 5.02. The second-order valence-corrected chi connectivity index (χ2v) is 7.07.